The van der Waals surface area contributed by atoms with Gasteiger partial charge in [-0.3, -0.25) is 9.59 Å². The van der Waals surface area contributed by atoms with Gasteiger partial charge in [0, 0.05) is 4.90 Å². The van der Waals surface area contributed by atoms with Crippen LogP contribution in [-0.2, 0) is 9.59 Å². The molecule has 0 bridgehead atoms. The van der Waals surface area contributed by atoms with Crippen molar-refractivity contribution in [1.82, 2.24) is 0 Å². The Morgan fingerprint density at radius 1 is 0.750 bits per heavy atom. The first-order chi connectivity index (χ1) is 13.7. The number of rotatable bonds is 5. The van der Waals surface area contributed by atoms with Crippen LogP contribution in [0.3, 0.4) is 0 Å². The Morgan fingerprint density at radius 2 is 1.36 bits per heavy atom. The minimum Gasteiger partial charge on any atom is -0.497 e. The molecule has 3 aromatic carbocycles. The highest BCUT2D eigenvalue weighted by Gasteiger charge is 2.40. The van der Waals surface area contributed by atoms with Gasteiger partial charge in [0.2, 0.25) is 0 Å². The third-order valence-corrected chi connectivity index (χ3v) is 5.49. The minimum atomic E-state index is -0.320. The first-order valence-electron chi connectivity index (χ1n) is 8.74. The molecule has 4 nitrogen and oxygen atoms in total. The molecular weight excluding hydrogens is 370 g/mol. The number of anilines is 1. The van der Waals surface area contributed by atoms with Gasteiger partial charge in [-0.05, 0) is 42.0 Å². The maximum absolute atomic E-state index is 13.3. The highest BCUT2D eigenvalue weighted by molar-refractivity contribution is 8.04. The summed E-state index contributed by atoms with van der Waals surface area (Å²) in [6.07, 6.45) is 0. The van der Waals surface area contributed by atoms with Gasteiger partial charge in [-0.25, -0.2) is 4.90 Å². The molecule has 3 aromatic rings. The Bertz CT molecular complexity index is 1040. The molecule has 0 aliphatic carbocycles. The zero-order valence-electron chi connectivity index (χ0n) is 15.2. The second-order valence-corrected chi connectivity index (χ2v) is 7.21. The highest BCUT2D eigenvalue weighted by Crippen LogP contribution is 2.41. The van der Waals surface area contributed by atoms with Crippen molar-refractivity contribution >= 4 is 34.8 Å². The molecule has 5 heteroatoms. The molecule has 1 aliphatic heterocycles. The van der Waals surface area contributed by atoms with Crippen molar-refractivity contribution in [3.63, 3.8) is 0 Å². The van der Waals surface area contributed by atoms with Crippen molar-refractivity contribution < 1.29 is 14.3 Å². The summed E-state index contributed by atoms with van der Waals surface area (Å²) in [7, 11) is 1.59. The lowest BCUT2D eigenvalue weighted by molar-refractivity contribution is -0.119. The van der Waals surface area contributed by atoms with E-state index in [9.17, 15) is 9.59 Å². The number of ether oxygens (including phenoxy) is 1. The predicted molar refractivity (Wildman–Crippen MR) is 111 cm³/mol. The molecule has 0 radical (unpaired) electrons. The van der Waals surface area contributed by atoms with Crippen LogP contribution in [0.4, 0.5) is 5.69 Å². The number of carbonyl (C=O) groups excluding carboxylic acids is 2. The van der Waals surface area contributed by atoms with Crippen LogP contribution >= 0.6 is 11.8 Å². The van der Waals surface area contributed by atoms with Crippen LogP contribution in [0.1, 0.15) is 5.56 Å². The van der Waals surface area contributed by atoms with E-state index in [2.05, 4.69) is 0 Å². The zero-order valence-corrected chi connectivity index (χ0v) is 16.0. The third-order valence-electron chi connectivity index (χ3n) is 4.40. The molecule has 1 heterocycles. The van der Waals surface area contributed by atoms with Crippen molar-refractivity contribution in [3.05, 3.63) is 95.4 Å². The first-order valence-corrected chi connectivity index (χ1v) is 9.56. The van der Waals surface area contributed by atoms with E-state index in [0.29, 0.717) is 27.5 Å². The minimum absolute atomic E-state index is 0.309. The van der Waals surface area contributed by atoms with Crippen molar-refractivity contribution in [2.24, 2.45) is 0 Å². The fourth-order valence-electron chi connectivity index (χ4n) is 3.03. The fourth-order valence-corrected chi connectivity index (χ4v) is 4.05. The monoisotopic (exact) mass is 387 g/mol. The van der Waals surface area contributed by atoms with E-state index < -0.39 is 0 Å². The van der Waals surface area contributed by atoms with Gasteiger partial charge >= 0.3 is 0 Å². The van der Waals surface area contributed by atoms with Gasteiger partial charge in [0.1, 0.15) is 5.75 Å². The van der Waals surface area contributed by atoms with E-state index in [-0.39, 0.29) is 11.8 Å². The molecule has 0 unspecified atom stereocenters. The highest BCUT2D eigenvalue weighted by atomic mass is 32.2. The standard InChI is InChI=1S/C23H17NO3S/c1-27-18-14-12-16(13-15-18)20-21(28-19-10-6-3-7-11-19)23(26)24(22(20)25)17-8-4-2-5-9-17/h2-15H,1H3. The van der Waals surface area contributed by atoms with Crippen LogP contribution < -0.4 is 9.64 Å². The van der Waals surface area contributed by atoms with Gasteiger partial charge in [0.05, 0.1) is 23.3 Å². The molecule has 28 heavy (non-hydrogen) atoms. The van der Waals surface area contributed by atoms with Gasteiger partial charge in [-0.2, -0.15) is 0 Å². The first kappa shape index (κ1) is 18.1. The van der Waals surface area contributed by atoms with Crippen LogP contribution in [0.25, 0.3) is 5.57 Å². The molecule has 4 rings (SSSR count). The van der Waals surface area contributed by atoms with Gasteiger partial charge < -0.3 is 4.74 Å². The van der Waals surface area contributed by atoms with Crippen LogP contribution in [0, 0.1) is 0 Å². The number of nitrogens with zero attached hydrogens (tertiary/aromatic N) is 1. The van der Waals surface area contributed by atoms with Gasteiger partial charge in [0.25, 0.3) is 11.8 Å². The Morgan fingerprint density at radius 3 is 1.96 bits per heavy atom. The summed E-state index contributed by atoms with van der Waals surface area (Å²) in [6, 6.07) is 25.8. The second kappa shape index (κ2) is 7.74. The van der Waals surface area contributed by atoms with Gasteiger partial charge in [-0.1, -0.05) is 60.3 Å². The summed E-state index contributed by atoms with van der Waals surface area (Å²) >= 11 is 1.31. The molecule has 0 fully saturated rings. The number of benzene rings is 3. The molecule has 0 spiro atoms. The summed E-state index contributed by atoms with van der Waals surface area (Å²) in [6.45, 7) is 0. The van der Waals surface area contributed by atoms with Gasteiger partial charge in [-0.15, -0.1) is 0 Å². The van der Waals surface area contributed by atoms with E-state index in [1.807, 2.05) is 48.5 Å². The summed E-state index contributed by atoms with van der Waals surface area (Å²) in [4.78, 5) is 29.1. The molecule has 0 N–H and O–H groups in total. The van der Waals surface area contributed by atoms with Crippen molar-refractivity contribution in [2.75, 3.05) is 12.0 Å². The number of para-hydroxylation sites is 1. The predicted octanol–water partition coefficient (Wildman–Crippen LogP) is 4.77. The largest absolute Gasteiger partial charge is 0.497 e. The number of thioether (sulfide) groups is 1. The summed E-state index contributed by atoms with van der Waals surface area (Å²) < 4.78 is 5.21. The number of hydrogen-bond donors (Lipinski definition) is 0. The summed E-state index contributed by atoms with van der Waals surface area (Å²) in [5.41, 5.74) is 1.66. The number of amides is 2. The van der Waals surface area contributed by atoms with Crippen molar-refractivity contribution in [1.29, 1.82) is 0 Å². The molecule has 0 atom stereocenters. The van der Waals surface area contributed by atoms with Gasteiger partial charge in [0.15, 0.2) is 0 Å². The average molecular weight is 387 g/mol. The Kier molecular flexibility index (Phi) is 5.00. The van der Waals surface area contributed by atoms with Crippen LogP contribution in [0.5, 0.6) is 5.75 Å². The van der Waals surface area contributed by atoms with E-state index >= 15 is 0 Å². The topological polar surface area (TPSA) is 46.6 Å². The number of carbonyl (C=O) groups is 2. The SMILES string of the molecule is COc1ccc(C2=C(Sc3ccccc3)C(=O)N(c3ccccc3)C2=O)cc1. The lowest BCUT2D eigenvalue weighted by Gasteiger charge is -2.15. The second-order valence-electron chi connectivity index (χ2n) is 6.13. The van der Waals surface area contributed by atoms with Crippen LogP contribution in [0.2, 0.25) is 0 Å². The molecular formula is C23H17NO3S. The van der Waals surface area contributed by atoms with Crippen LogP contribution in [-0.4, -0.2) is 18.9 Å². The molecule has 0 aromatic heterocycles. The Balaban J connectivity index is 1.81. The number of hydrogen-bond acceptors (Lipinski definition) is 4. The number of methoxy groups -OCH3 is 1. The Hall–Kier alpha value is -3.31. The lowest BCUT2D eigenvalue weighted by atomic mass is 10.1. The fraction of sp³-hybridized carbons (Fsp3) is 0.0435. The maximum atomic E-state index is 13.3. The molecule has 1 aliphatic rings. The third kappa shape index (κ3) is 3.32. The number of imide groups is 1. The summed E-state index contributed by atoms with van der Waals surface area (Å²) in [5, 5.41) is 0. The molecule has 0 saturated heterocycles. The molecule has 138 valence electrons. The van der Waals surface area contributed by atoms with E-state index in [1.165, 1.54) is 16.7 Å². The molecule has 2 amide bonds. The summed E-state index contributed by atoms with van der Waals surface area (Å²) in [5.74, 6) is 0.0639. The zero-order chi connectivity index (χ0) is 19.5. The van der Waals surface area contributed by atoms with Crippen LogP contribution in [0.15, 0.2) is 94.7 Å². The van der Waals surface area contributed by atoms with E-state index in [1.54, 1.807) is 43.5 Å². The smallest absolute Gasteiger partial charge is 0.272 e. The lowest BCUT2D eigenvalue weighted by Crippen LogP contribution is -2.31. The van der Waals surface area contributed by atoms with Crippen molar-refractivity contribution in [3.8, 4) is 5.75 Å². The Labute approximate surface area is 167 Å². The quantitative estimate of drug-likeness (QED) is 0.592. The van der Waals surface area contributed by atoms with Crippen molar-refractivity contribution in [2.45, 2.75) is 4.90 Å². The average Bonchev–Trinajstić information content (AvgIpc) is 2.99. The van der Waals surface area contributed by atoms with E-state index in [4.69, 9.17) is 4.74 Å². The normalized spacial score (nSPS) is 14.0. The molecule has 0 saturated carbocycles. The van der Waals surface area contributed by atoms with E-state index in [0.717, 1.165) is 4.90 Å². The maximum Gasteiger partial charge on any atom is 0.272 e.